The highest BCUT2D eigenvalue weighted by molar-refractivity contribution is 5.36. The van der Waals surface area contributed by atoms with Crippen molar-refractivity contribution in [3.05, 3.63) is 12.4 Å². The van der Waals surface area contributed by atoms with E-state index < -0.39 is 0 Å². The topological polar surface area (TPSA) is 68.7 Å². The molecule has 0 atom stereocenters. The van der Waals surface area contributed by atoms with E-state index in [0.717, 1.165) is 45.2 Å². The van der Waals surface area contributed by atoms with E-state index >= 15 is 0 Å². The average molecular weight is 282 g/mol. The summed E-state index contributed by atoms with van der Waals surface area (Å²) in [5, 5.41) is 3.28. The van der Waals surface area contributed by atoms with Gasteiger partial charge in [-0.15, -0.1) is 0 Å². The quantitative estimate of drug-likeness (QED) is 0.685. The molecule has 2 rings (SSSR count). The predicted octanol–water partition coefficient (Wildman–Crippen LogP) is 0.246. The Labute approximate surface area is 119 Å². The van der Waals surface area contributed by atoms with Crippen LogP contribution < -0.4 is 10.1 Å². The van der Waals surface area contributed by atoms with Crippen molar-refractivity contribution in [1.29, 1.82) is 0 Å². The molecule has 1 saturated heterocycles. The van der Waals surface area contributed by atoms with Gasteiger partial charge in [0.15, 0.2) is 0 Å². The number of hydrogen-bond donors (Lipinski definition) is 1. The number of aromatic nitrogens is 2. The maximum absolute atomic E-state index is 5.44. The molecule has 0 radical (unpaired) electrons. The molecule has 1 aliphatic heterocycles. The van der Waals surface area contributed by atoms with E-state index in [4.69, 9.17) is 14.2 Å². The van der Waals surface area contributed by atoms with Crippen LogP contribution in [-0.2, 0) is 9.47 Å². The first-order valence-corrected chi connectivity index (χ1v) is 6.86. The van der Waals surface area contributed by atoms with Crippen molar-refractivity contribution in [2.24, 2.45) is 0 Å². The molecule has 7 nitrogen and oxygen atoms in total. The van der Waals surface area contributed by atoms with E-state index in [0.29, 0.717) is 19.1 Å². The molecule has 0 spiro atoms. The molecule has 1 aliphatic rings. The second-order valence-corrected chi connectivity index (χ2v) is 4.46. The van der Waals surface area contributed by atoms with Crippen LogP contribution in [0.25, 0.3) is 0 Å². The molecule has 2 heterocycles. The van der Waals surface area contributed by atoms with E-state index in [9.17, 15) is 0 Å². The van der Waals surface area contributed by atoms with Crippen molar-refractivity contribution in [1.82, 2.24) is 14.9 Å². The van der Waals surface area contributed by atoms with Gasteiger partial charge in [0.2, 0.25) is 5.88 Å². The molecule has 0 amide bonds. The Morgan fingerprint density at radius 3 is 2.95 bits per heavy atom. The minimum atomic E-state index is 0.487. The molecule has 1 N–H and O–H groups in total. The van der Waals surface area contributed by atoms with Crippen LogP contribution in [0.4, 0.5) is 5.82 Å². The number of hydrogen-bond acceptors (Lipinski definition) is 7. The van der Waals surface area contributed by atoms with Crippen LogP contribution >= 0.6 is 0 Å². The number of methoxy groups -OCH3 is 1. The number of morpholine rings is 1. The van der Waals surface area contributed by atoms with Crippen LogP contribution in [0.1, 0.15) is 0 Å². The summed E-state index contributed by atoms with van der Waals surface area (Å²) in [4.78, 5) is 10.6. The largest absolute Gasteiger partial charge is 0.475 e. The Hall–Kier alpha value is -1.44. The van der Waals surface area contributed by atoms with Crippen molar-refractivity contribution in [2.45, 2.75) is 0 Å². The average Bonchev–Trinajstić information content (AvgIpc) is 2.49. The van der Waals surface area contributed by atoms with Crippen molar-refractivity contribution < 1.29 is 14.2 Å². The van der Waals surface area contributed by atoms with Gasteiger partial charge in [-0.1, -0.05) is 0 Å². The highest BCUT2D eigenvalue weighted by Crippen LogP contribution is 2.10. The van der Waals surface area contributed by atoms with Crippen molar-refractivity contribution in [2.75, 3.05) is 65.0 Å². The fourth-order valence-corrected chi connectivity index (χ4v) is 1.91. The maximum Gasteiger partial charge on any atom is 0.218 e. The van der Waals surface area contributed by atoms with Crippen LogP contribution in [0, 0.1) is 0 Å². The van der Waals surface area contributed by atoms with Crippen molar-refractivity contribution >= 4 is 5.82 Å². The predicted molar refractivity (Wildman–Crippen MR) is 75.2 cm³/mol. The number of nitrogens with one attached hydrogen (secondary N) is 1. The van der Waals surface area contributed by atoms with Crippen LogP contribution in [0.15, 0.2) is 12.4 Å². The monoisotopic (exact) mass is 282 g/mol. The maximum atomic E-state index is 5.44. The van der Waals surface area contributed by atoms with E-state index in [1.165, 1.54) is 6.33 Å². The van der Waals surface area contributed by atoms with Gasteiger partial charge in [-0.3, -0.25) is 4.90 Å². The van der Waals surface area contributed by atoms with Crippen LogP contribution in [-0.4, -0.2) is 74.6 Å². The van der Waals surface area contributed by atoms with Gasteiger partial charge in [0.05, 0.1) is 19.8 Å². The Morgan fingerprint density at radius 2 is 2.15 bits per heavy atom. The van der Waals surface area contributed by atoms with E-state index in [1.807, 2.05) is 0 Å². The highest BCUT2D eigenvalue weighted by Gasteiger charge is 2.09. The minimum Gasteiger partial charge on any atom is -0.475 e. The SMILES string of the molecule is COCCOc1cc(NCCN2CCOCC2)ncn1. The first-order valence-electron chi connectivity index (χ1n) is 6.86. The van der Waals surface area contributed by atoms with Crippen molar-refractivity contribution in [3.63, 3.8) is 0 Å². The first-order chi connectivity index (χ1) is 9.88. The standard InChI is InChI=1S/C13H22N4O3/c1-18-8-9-20-13-10-12(15-11-16-13)14-2-3-17-4-6-19-7-5-17/h10-11H,2-9H2,1H3,(H,14,15,16). The van der Waals surface area contributed by atoms with Crippen LogP contribution in [0.3, 0.4) is 0 Å². The smallest absolute Gasteiger partial charge is 0.218 e. The molecule has 0 aliphatic carbocycles. The van der Waals surface area contributed by atoms with Gasteiger partial charge < -0.3 is 19.5 Å². The molecule has 0 aromatic carbocycles. The van der Waals surface area contributed by atoms with E-state index in [1.54, 1.807) is 13.2 Å². The van der Waals surface area contributed by atoms with Crippen LogP contribution in [0.2, 0.25) is 0 Å². The number of nitrogens with zero attached hydrogens (tertiary/aromatic N) is 3. The summed E-state index contributed by atoms with van der Waals surface area (Å²) in [6.45, 7) is 6.50. The van der Waals surface area contributed by atoms with Gasteiger partial charge >= 0.3 is 0 Å². The lowest BCUT2D eigenvalue weighted by atomic mass is 10.4. The molecular formula is C13H22N4O3. The third-order valence-corrected chi connectivity index (χ3v) is 3.02. The molecule has 1 aromatic heterocycles. The summed E-state index contributed by atoms with van der Waals surface area (Å²) in [5.41, 5.74) is 0. The zero-order chi connectivity index (χ0) is 14.0. The highest BCUT2D eigenvalue weighted by atomic mass is 16.5. The molecular weight excluding hydrogens is 260 g/mol. The molecule has 1 fully saturated rings. The van der Waals surface area contributed by atoms with Gasteiger partial charge in [0.25, 0.3) is 0 Å². The second kappa shape index (κ2) is 8.68. The van der Waals surface area contributed by atoms with Gasteiger partial charge in [-0.25, -0.2) is 9.97 Å². The second-order valence-electron chi connectivity index (χ2n) is 4.46. The van der Waals surface area contributed by atoms with E-state index in [2.05, 4.69) is 20.2 Å². The number of rotatable bonds is 8. The molecule has 112 valence electrons. The van der Waals surface area contributed by atoms with Crippen LogP contribution in [0.5, 0.6) is 5.88 Å². The van der Waals surface area contributed by atoms with Gasteiger partial charge in [-0.05, 0) is 0 Å². The summed E-state index contributed by atoms with van der Waals surface area (Å²) in [7, 11) is 1.64. The lowest BCUT2D eigenvalue weighted by Gasteiger charge is -2.26. The molecule has 7 heteroatoms. The molecule has 1 aromatic rings. The third kappa shape index (κ3) is 5.28. The lowest BCUT2D eigenvalue weighted by molar-refractivity contribution is 0.0398. The Balaban J connectivity index is 1.70. The normalized spacial score (nSPS) is 16.1. The summed E-state index contributed by atoms with van der Waals surface area (Å²) >= 11 is 0. The zero-order valence-electron chi connectivity index (χ0n) is 11.9. The summed E-state index contributed by atoms with van der Waals surface area (Å²) < 4.78 is 15.7. The molecule has 0 saturated carbocycles. The number of ether oxygens (including phenoxy) is 3. The fourth-order valence-electron chi connectivity index (χ4n) is 1.91. The first kappa shape index (κ1) is 15.0. The summed E-state index contributed by atoms with van der Waals surface area (Å²) in [5.74, 6) is 1.34. The Kier molecular flexibility index (Phi) is 6.49. The third-order valence-electron chi connectivity index (χ3n) is 3.02. The summed E-state index contributed by atoms with van der Waals surface area (Å²) in [6, 6.07) is 1.80. The zero-order valence-corrected chi connectivity index (χ0v) is 11.9. The Bertz CT molecular complexity index is 386. The van der Waals surface area contributed by atoms with Gasteiger partial charge in [-0.2, -0.15) is 0 Å². The summed E-state index contributed by atoms with van der Waals surface area (Å²) in [6.07, 6.45) is 1.50. The Morgan fingerprint density at radius 1 is 1.30 bits per heavy atom. The van der Waals surface area contributed by atoms with E-state index in [-0.39, 0.29) is 0 Å². The van der Waals surface area contributed by atoms with Crippen molar-refractivity contribution in [3.8, 4) is 5.88 Å². The lowest BCUT2D eigenvalue weighted by Crippen LogP contribution is -2.39. The van der Waals surface area contributed by atoms with Gasteiger partial charge in [0, 0.05) is 39.4 Å². The molecule has 0 unspecified atom stereocenters. The van der Waals surface area contributed by atoms with Gasteiger partial charge in [0.1, 0.15) is 18.8 Å². The minimum absolute atomic E-state index is 0.487. The molecule has 0 bridgehead atoms. The number of anilines is 1. The fraction of sp³-hybridized carbons (Fsp3) is 0.692. The molecule has 20 heavy (non-hydrogen) atoms.